The molecule has 0 bridgehead atoms. The molecule has 0 aliphatic rings. The number of sulfonamides is 1. The van der Waals surface area contributed by atoms with Crippen LogP contribution in [0.4, 0.5) is 6.01 Å². The van der Waals surface area contributed by atoms with Crippen molar-refractivity contribution in [2.24, 2.45) is 0 Å². The summed E-state index contributed by atoms with van der Waals surface area (Å²) in [6.45, 7) is 2.36. The van der Waals surface area contributed by atoms with Gasteiger partial charge in [-0.3, -0.25) is 10.1 Å². The standard InChI is InChI=1S/C25H24N4O5S/c1-3-29(17-18-7-5-4-6-8-18)35(31,32)22-15-11-19(12-16-22)23(30)26-25-28-27-24(34-25)20-9-13-21(33-2)14-10-20/h4-16H,3,17H2,1-2H3,(H,26,28,30). The minimum Gasteiger partial charge on any atom is -0.497 e. The Morgan fingerprint density at radius 3 is 2.29 bits per heavy atom. The molecule has 4 rings (SSSR count). The lowest BCUT2D eigenvalue weighted by atomic mass is 10.2. The molecule has 0 radical (unpaired) electrons. The van der Waals surface area contributed by atoms with Crippen molar-refractivity contribution in [3.05, 3.63) is 90.0 Å². The first-order valence-corrected chi connectivity index (χ1v) is 12.3. The number of carbonyl (C=O) groups is 1. The predicted molar refractivity (Wildman–Crippen MR) is 130 cm³/mol. The summed E-state index contributed by atoms with van der Waals surface area (Å²) in [5.74, 6) is 0.423. The molecule has 1 N–H and O–H groups in total. The lowest BCUT2D eigenvalue weighted by molar-refractivity contribution is 0.102. The van der Waals surface area contributed by atoms with E-state index in [1.165, 1.54) is 28.6 Å². The third-order valence-electron chi connectivity index (χ3n) is 5.29. The average molecular weight is 493 g/mol. The van der Waals surface area contributed by atoms with Crippen LogP contribution in [0.5, 0.6) is 5.75 Å². The number of anilines is 1. The maximum atomic E-state index is 13.1. The molecule has 0 aliphatic carbocycles. The van der Waals surface area contributed by atoms with Gasteiger partial charge in [0.05, 0.1) is 12.0 Å². The molecule has 4 aromatic rings. The van der Waals surface area contributed by atoms with Crippen molar-refractivity contribution in [1.82, 2.24) is 14.5 Å². The Labute approximate surface area is 203 Å². The molecule has 3 aromatic carbocycles. The Bertz CT molecular complexity index is 1390. The molecule has 1 heterocycles. The van der Waals surface area contributed by atoms with E-state index in [-0.39, 0.29) is 28.9 Å². The number of methoxy groups -OCH3 is 1. The molecule has 0 fully saturated rings. The van der Waals surface area contributed by atoms with E-state index in [1.54, 1.807) is 38.3 Å². The summed E-state index contributed by atoms with van der Waals surface area (Å²) >= 11 is 0. The molecule has 0 saturated carbocycles. The summed E-state index contributed by atoms with van der Waals surface area (Å²) in [6.07, 6.45) is 0. The highest BCUT2D eigenvalue weighted by molar-refractivity contribution is 7.89. The lowest BCUT2D eigenvalue weighted by Crippen LogP contribution is -2.30. The van der Waals surface area contributed by atoms with Crippen molar-refractivity contribution in [2.45, 2.75) is 18.4 Å². The average Bonchev–Trinajstić information content (AvgIpc) is 3.36. The SMILES string of the molecule is CCN(Cc1ccccc1)S(=O)(=O)c1ccc(C(=O)Nc2nnc(-c3ccc(OC)cc3)o2)cc1. The van der Waals surface area contributed by atoms with Crippen molar-refractivity contribution in [3.63, 3.8) is 0 Å². The van der Waals surface area contributed by atoms with Crippen LogP contribution >= 0.6 is 0 Å². The number of aromatic nitrogens is 2. The summed E-state index contributed by atoms with van der Waals surface area (Å²) in [6, 6.07) is 22.0. The van der Waals surface area contributed by atoms with Crippen molar-refractivity contribution in [3.8, 4) is 17.2 Å². The van der Waals surface area contributed by atoms with Gasteiger partial charge in [0, 0.05) is 24.2 Å². The quantitative estimate of drug-likeness (QED) is 0.372. The molecule has 0 spiro atoms. The number of hydrogen-bond donors (Lipinski definition) is 1. The smallest absolute Gasteiger partial charge is 0.322 e. The summed E-state index contributed by atoms with van der Waals surface area (Å²) in [5.41, 5.74) is 1.81. The summed E-state index contributed by atoms with van der Waals surface area (Å²) in [4.78, 5) is 12.7. The van der Waals surface area contributed by atoms with Crippen LogP contribution in [0.25, 0.3) is 11.5 Å². The predicted octanol–water partition coefficient (Wildman–Crippen LogP) is 4.21. The van der Waals surface area contributed by atoms with E-state index < -0.39 is 15.9 Å². The molecular weight excluding hydrogens is 468 g/mol. The van der Waals surface area contributed by atoms with Gasteiger partial charge < -0.3 is 9.15 Å². The Hall–Kier alpha value is -4.02. The molecule has 0 aliphatic heterocycles. The van der Waals surface area contributed by atoms with Crippen LogP contribution in [0, 0.1) is 0 Å². The van der Waals surface area contributed by atoms with Gasteiger partial charge in [0.25, 0.3) is 5.91 Å². The third-order valence-corrected chi connectivity index (χ3v) is 7.23. The monoisotopic (exact) mass is 492 g/mol. The van der Waals surface area contributed by atoms with Crippen LogP contribution in [-0.2, 0) is 16.6 Å². The fraction of sp³-hybridized carbons (Fsp3) is 0.160. The molecule has 10 heteroatoms. The third kappa shape index (κ3) is 5.56. The lowest BCUT2D eigenvalue weighted by Gasteiger charge is -2.20. The molecule has 0 unspecified atom stereocenters. The first-order valence-electron chi connectivity index (χ1n) is 10.8. The van der Waals surface area contributed by atoms with Gasteiger partial charge in [-0.2, -0.15) is 4.31 Å². The van der Waals surface area contributed by atoms with E-state index in [0.29, 0.717) is 17.9 Å². The molecule has 1 aromatic heterocycles. The Morgan fingerprint density at radius 2 is 1.66 bits per heavy atom. The van der Waals surface area contributed by atoms with Gasteiger partial charge in [-0.15, -0.1) is 5.10 Å². The Kier molecular flexibility index (Phi) is 7.23. The second kappa shape index (κ2) is 10.5. The molecule has 9 nitrogen and oxygen atoms in total. The summed E-state index contributed by atoms with van der Waals surface area (Å²) in [7, 11) is -2.16. The first kappa shape index (κ1) is 24.1. The van der Waals surface area contributed by atoms with Crippen LogP contribution in [-0.4, -0.2) is 42.5 Å². The van der Waals surface area contributed by atoms with E-state index in [9.17, 15) is 13.2 Å². The normalized spacial score (nSPS) is 11.4. The number of carbonyl (C=O) groups excluding carboxylic acids is 1. The fourth-order valence-corrected chi connectivity index (χ4v) is 4.81. The number of nitrogens with one attached hydrogen (secondary N) is 1. The minimum absolute atomic E-state index is 0.0717. The Morgan fingerprint density at radius 1 is 0.971 bits per heavy atom. The zero-order valence-electron chi connectivity index (χ0n) is 19.2. The van der Waals surface area contributed by atoms with E-state index in [0.717, 1.165) is 5.56 Å². The molecule has 35 heavy (non-hydrogen) atoms. The van der Waals surface area contributed by atoms with Gasteiger partial charge in [0.1, 0.15) is 5.75 Å². The number of benzene rings is 3. The maximum absolute atomic E-state index is 13.1. The van der Waals surface area contributed by atoms with Crippen LogP contribution < -0.4 is 10.1 Å². The molecule has 0 atom stereocenters. The van der Waals surface area contributed by atoms with Crippen molar-refractivity contribution in [1.29, 1.82) is 0 Å². The van der Waals surface area contributed by atoms with Gasteiger partial charge in [0.15, 0.2) is 0 Å². The first-order chi connectivity index (χ1) is 16.9. The Balaban J connectivity index is 1.44. The number of nitrogens with zero attached hydrogens (tertiary/aromatic N) is 3. The van der Waals surface area contributed by atoms with Crippen LogP contribution in [0.15, 0.2) is 88.2 Å². The van der Waals surface area contributed by atoms with Gasteiger partial charge in [0.2, 0.25) is 15.9 Å². The van der Waals surface area contributed by atoms with Crippen molar-refractivity contribution in [2.75, 3.05) is 19.0 Å². The topological polar surface area (TPSA) is 115 Å². The van der Waals surface area contributed by atoms with Crippen LogP contribution in [0.2, 0.25) is 0 Å². The highest BCUT2D eigenvalue weighted by atomic mass is 32.2. The number of amides is 1. The van der Waals surface area contributed by atoms with Crippen molar-refractivity contribution >= 4 is 21.9 Å². The molecule has 0 saturated heterocycles. The van der Waals surface area contributed by atoms with E-state index in [2.05, 4.69) is 15.5 Å². The van der Waals surface area contributed by atoms with Crippen LogP contribution in [0.3, 0.4) is 0 Å². The highest BCUT2D eigenvalue weighted by Crippen LogP contribution is 2.23. The second-order valence-corrected chi connectivity index (χ2v) is 9.47. The number of ether oxygens (including phenoxy) is 1. The van der Waals surface area contributed by atoms with Gasteiger partial charge in [-0.05, 0) is 54.1 Å². The largest absolute Gasteiger partial charge is 0.497 e. The second-order valence-electron chi connectivity index (χ2n) is 7.54. The number of rotatable bonds is 9. The van der Waals surface area contributed by atoms with E-state index >= 15 is 0 Å². The molecule has 1 amide bonds. The van der Waals surface area contributed by atoms with Gasteiger partial charge in [-0.1, -0.05) is 42.4 Å². The van der Waals surface area contributed by atoms with E-state index in [1.807, 2.05) is 30.3 Å². The zero-order valence-corrected chi connectivity index (χ0v) is 20.0. The zero-order chi connectivity index (χ0) is 24.8. The minimum atomic E-state index is -3.73. The highest BCUT2D eigenvalue weighted by Gasteiger charge is 2.23. The summed E-state index contributed by atoms with van der Waals surface area (Å²) < 4.78 is 38.2. The maximum Gasteiger partial charge on any atom is 0.322 e. The van der Waals surface area contributed by atoms with E-state index in [4.69, 9.17) is 9.15 Å². The van der Waals surface area contributed by atoms with Gasteiger partial charge >= 0.3 is 6.01 Å². The van der Waals surface area contributed by atoms with Crippen molar-refractivity contribution < 1.29 is 22.4 Å². The fourth-order valence-electron chi connectivity index (χ4n) is 3.37. The van der Waals surface area contributed by atoms with Gasteiger partial charge in [-0.25, -0.2) is 8.42 Å². The molecular formula is C25H24N4O5S. The summed E-state index contributed by atoms with van der Waals surface area (Å²) in [5, 5.41) is 10.3. The molecule has 180 valence electrons. The van der Waals surface area contributed by atoms with Crippen LogP contribution in [0.1, 0.15) is 22.8 Å². The number of hydrogen-bond acceptors (Lipinski definition) is 7.